The predicted molar refractivity (Wildman–Crippen MR) is 69.2 cm³/mol. The van der Waals surface area contributed by atoms with E-state index in [-0.39, 0.29) is 6.04 Å². The summed E-state index contributed by atoms with van der Waals surface area (Å²) in [4.78, 5) is 4.33. The molecule has 1 unspecified atom stereocenters. The Balaban J connectivity index is 2.21. The van der Waals surface area contributed by atoms with Crippen LogP contribution in [0.5, 0.6) is 0 Å². The van der Waals surface area contributed by atoms with Gasteiger partial charge in [-0.25, -0.2) is 0 Å². The number of rotatable bonds is 4. The van der Waals surface area contributed by atoms with Crippen LogP contribution in [0.4, 0.5) is 0 Å². The van der Waals surface area contributed by atoms with E-state index >= 15 is 0 Å². The molecular formula is C14H17N3. The van der Waals surface area contributed by atoms with E-state index in [1.807, 2.05) is 30.3 Å². The minimum Gasteiger partial charge on any atom is -0.271 e. The molecule has 3 N–H and O–H groups in total. The molecule has 0 saturated carbocycles. The van der Waals surface area contributed by atoms with Crippen molar-refractivity contribution in [1.82, 2.24) is 10.4 Å². The van der Waals surface area contributed by atoms with Crippen LogP contribution in [0.25, 0.3) is 0 Å². The Hall–Kier alpha value is -1.71. The maximum absolute atomic E-state index is 5.64. The van der Waals surface area contributed by atoms with E-state index in [0.29, 0.717) is 0 Å². The van der Waals surface area contributed by atoms with Crippen molar-refractivity contribution in [3.8, 4) is 0 Å². The Morgan fingerprint density at radius 1 is 1.18 bits per heavy atom. The minimum atomic E-state index is 0.103. The lowest BCUT2D eigenvalue weighted by molar-refractivity contribution is 0.543. The molecule has 0 aliphatic carbocycles. The Labute approximate surface area is 102 Å². The van der Waals surface area contributed by atoms with Gasteiger partial charge in [0, 0.05) is 18.3 Å². The number of hydrogen-bond donors (Lipinski definition) is 2. The predicted octanol–water partition coefficient (Wildman–Crippen LogP) is 2.14. The van der Waals surface area contributed by atoms with Crippen molar-refractivity contribution < 1.29 is 0 Å². The van der Waals surface area contributed by atoms with Gasteiger partial charge in [0.15, 0.2) is 0 Å². The van der Waals surface area contributed by atoms with Crippen LogP contribution in [-0.4, -0.2) is 4.98 Å². The first kappa shape index (κ1) is 11.8. The summed E-state index contributed by atoms with van der Waals surface area (Å²) < 4.78 is 0. The maximum Gasteiger partial charge on any atom is 0.0517 e. The molecule has 88 valence electrons. The number of nitrogens with one attached hydrogen (secondary N) is 1. The molecule has 1 heterocycles. The normalized spacial score (nSPS) is 12.4. The van der Waals surface area contributed by atoms with Crippen molar-refractivity contribution >= 4 is 0 Å². The van der Waals surface area contributed by atoms with Crippen LogP contribution in [0.2, 0.25) is 0 Å². The zero-order valence-electron chi connectivity index (χ0n) is 9.93. The van der Waals surface area contributed by atoms with Gasteiger partial charge in [-0.3, -0.25) is 16.3 Å². The minimum absolute atomic E-state index is 0.103. The van der Waals surface area contributed by atoms with Crippen molar-refractivity contribution in [3.05, 3.63) is 65.5 Å². The van der Waals surface area contributed by atoms with E-state index < -0.39 is 0 Å². The number of nitrogens with zero attached hydrogens (tertiary/aromatic N) is 1. The molecule has 0 saturated heterocycles. The van der Waals surface area contributed by atoms with Crippen LogP contribution in [0.15, 0.2) is 48.7 Å². The average molecular weight is 227 g/mol. The van der Waals surface area contributed by atoms with Gasteiger partial charge >= 0.3 is 0 Å². The third-order valence-electron chi connectivity index (χ3n) is 2.90. The number of aromatic nitrogens is 1. The topological polar surface area (TPSA) is 50.9 Å². The molecular weight excluding hydrogens is 210 g/mol. The lowest BCUT2D eigenvalue weighted by Gasteiger charge is -2.18. The van der Waals surface area contributed by atoms with E-state index in [2.05, 4.69) is 29.5 Å². The van der Waals surface area contributed by atoms with Gasteiger partial charge in [-0.1, -0.05) is 30.3 Å². The molecule has 1 aromatic heterocycles. The molecule has 2 aromatic rings. The van der Waals surface area contributed by atoms with Crippen LogP contribution in [0.1, 0.15) is 22.9 Å². The molecule has 1 aromatic carbocycles. The molecule has 0 bridgehead atoms. The van der Waals surface area contributed by atoms with Crippen molar-refractivity contribution in [2.24, 2.45) is 5.84 Å². The zero-order valence-corrected chi connectivity index (χ0v) is 9.93. The van der Waals surface area contributed by atoms with Crippen LogP contribution < -0.4 is 11.3 Å². The van der Waals surface area contributed by atoms with Crippen LogP contribution in [0, 0.1) is 6.92 Å². The molecule has 3 nitrogen and oxygen atoms in total. The molecule has 2 rings (SSSR count). The Morgan fingerprint density at radius 2 is 1.94 bits per heavy atom. The second-order valence-corrected chi connectivity index (χ2v) is 4.10. The number of pyridine rings is 1. The molecule has 0 amide bonds. The zero-order chi connectivity index (χ0) is 12.1. The maximum atomic E-state index is 5.64. The quantitative estimate of drug-likeness (QED) is 0.621. The largest absolute Gasteiger partial charge is 0.271 e. The van der Waals surface area contributed by atoms with Gasteiger partial charge < -0.3 is 0 Å². The molecule has 0 radical (unpaired) electrons. The van der Waals surface area contributed by atoms with Crippen molar-refractivity contribution in [3.63, 3.8) is 0 Å². The SMILES string of the molecule is Cc1ccccc1C(Cc1ccccn1)NN. The number of aryl methyl sites for hydroxylation is 1. The van der Waals surface area contributed by atoms with Gasteiger partial charge in [0.2, 0.25) is 0 Å². The van der Waals surface area contributed by atoms with Crippen molar-refractivity contribution in [2.75, 3.05) is 0 Å². The summed E-state index contributed by atoms with van der Waals surface area (Å²) in [6, 6.07) is 14.3. The van der Waals surface area contributed by atoms with Gasteiger partial charge in [0.25, 0.3) is 0 Å². The standard InChI is InChI=1S/C14H17N3/c1-11-6-2-3-8-13(11)14(17-15)10-12-7-4-5-9-16-12/h2-9,14,17H,10,15H2,1H3. The average Bonchev–Trinajstić information content (AvgIpc) is 2.38. The van der Waals surface area contributed by atoms with E-state index in [9.17, 15) is 0 Å². The second-order valence-electron chi connectivity index (χ2n) is 4.10. The summed E-state index contributed by atoms with van der Waals surface area (Å²) in [6.45, 7) is 2.10. The summed E-state index contributed by atoms with van der Waals surface area (Å²) in [6.07, 6.45) is 2.60. The van der Waals surface area contributed by atoms with Crippen LogP contribution in [-0.2, 0) is 6.42 Å². The number of hydrogen-bond acceptors (Lipinski definition) is 3. The van der Waals surface area contributed by atoms with Gasteiger partial charge in [0.05, 0.1) is 6.04 Å². The molecule has 17 heavy (non-hydrogen) atoms. The van der Waals surface area contributed by atoms with Crippen molar-refractivity contribution in [2.45, 2.75) is 19.4 Å². The van der Waals surface area contributed by atoms with Crippen molar-refractivity contribution in [1.29, 1.82) is 0 Å². The summed E-state index contributed by atoms with van der Waals surface area (Å²) in [5, 5.41) is 0. The molecule has 0 spiro atoms. The number of nitrogens with two attached hydrogens (primary N) is 1. The summed E-state index contributed by atoms with van der Waals surface area (Å²) in [5.41, 5.74) is 6.37. The lowest BCUT2D eigenvalue weighted by atomic mass is 9.98. The second kappa shape index (κ2) is 5.57. The molecule has 0 aliphatic heterocycles. The summed E-state index contributed by atoms with van der Waals surface area (Å²) in [7, 11) is 0. The van der Waals surface area contributed by atoms with Crippen LogP contribution in [0.3, 0.4) is 0 Å². The fourth-order valence-electron chi connectivity index (χ4n) is 1.96. The van der Waals surface area contributed by atoms with E-state index in [0.717, 1.165) is 12.1 Å². The lowest BCUT2D eigenvalue weighted by Crippen LogP contribution is -2.30. The first-order valence-electron chi connectivity index (χ1n) is 5.73. The number of hydrazine groups is 1. The van der Waals surface area contributed by atoms with Crippen LogP contribution >= 0.6 is 0 Å². The van der Waals surface area contributed by atoms with Gasteiger partial charge in [-0.15, -0.1) is 0 Å². The number of benzene rings is 1. The fraction of sp³-hybridized carbons (Fsp3) is 0.214. The Morgan fingerprint density at radius 3 is 2.59 bits per heavy atom. The molecule has 1 atom stereocenters. The van der Waals surface area contributed by atoms with E-state index in [4.69, 9.17) is 5.84 Å². The summed E-state index contributed by atoms with van der Waals surface area (Å²) >= 11 is 0. The van der Waals surface area contributed by atoms with E-state index in [1.165, 1.54) is 11.1 Å². The highest BCUT2D eigenvalue weighted by Gasteiger charge is 2.12. The third-order valence-corrected chi connectivity index (χ3v) is 2.90. The first-order valence-corrected chi connectivity index (χ1v) is 5.73. The fourth-order valence-corrected chi connectivity index (χ4v) is 1.96. The first-order chi connectivity index (χ1) is 8.31. The van der Waals surface area contributed by atoms with Gasteiger partial charge in [0.1, 0.15) is 0 Å². The van der Waals surface area contributed by atoms with Gasteiger partial charge in [-0.05, 0) is 30.2 Å². The third kappa shape index (κ3) is 2.90. The highest BCUT2D eigenvalue weighted by molar-refractivity contribution is 5.29. The molecule has 3 heteroatoms. The highest BCUT2D eigenvalue weighted by Crippen LogP contribution is 2.19. The smallest absolute Gasteiger partial charge is 0.0517 e. The Kier molecular flexibility index (Phi) is 3.85. The molecule has 0 fully saturated rings. The Bertz CT molecular complexity index is 468. The highest BCUT2D eigenvalue weighted by atomic mass is 15.2. The van der Waals surface area contributed by atoms with E-state index in [1.54, 1.807) is 6.20 Å². The monoisotopic (exact) mass is 227 g/mol. The van der Waals surface area contributed by atoms with Gasteiger partial charge in [-0.2, -0.15) is 0 Å². The molecule has 0 aliphatic rings. The summed E-state index contributed by atoms with van der Waals surface area (Å²) in [5.74, 6) is 5.64.